The SMILES string of the molecule is [O-]/C(=N\N=C\c1cc(Cl)cc(Br)c1[O-])c1cccnc1.[OH-].[OH-].[V+4]. The maximum atomic E-state index is 11.7. The van der Waals surface area contributed by atoms with Crippen LogP contribution in [-0.4, -0.2) is 28.0 Å². The fraction of sp³-hybridized carbons (Fsp3) is 0. The Morgan fingerprint density at radius 3 is 2.61 bits per heavy atom. The number of pyridine rings is 1. The molecular formula is C13H9BrClN3O4V. The molecule has 1 aromatic heterocycles. The number of rotatable bonds is 3. The van der Waals surface area contributed by atoms with Gasteiger partial charge >= 0.3 is 18.6 Å². The van der Waals surface area contributed by atoms with Crippen molar-refractivity contribution in [3.05, 3.63) is 57.3 Å². The third kappa shape index (κ3) is 6.70. The first-order valence-corrected chi connectivity index (χ1v) is 6.59. The Hall–Kier alpha value is -1.42. The van der Waals surface area contributed by atoms with Crippen molar-refractivity contribution in [1.29, 1.82) is 0 Å². The van der Waals surface area contributed by atoms with Gasteiger partial charge in [0.05, 0.1) is 6.21 Å². The predicted octanol–water partition coefficient (Wildman–Crippen LogP) is 1.36. The minimum Gasteiger partial charge on any atom is -0.871 e. The first-order chi connectivity index (χ1) is 9.58. The van der Waals surface area contributed by atoms with Crippen LogP contribution < -0.4 is 10.2 Å². The number of benzene rings is 1. The molecule has 0 aliphatic heterocycles. The van der Waals surface area contributed by atoms with Crippen LogP contribution in [0.15, 0.2) is 51.3 Å². The molecule has 0 saturated carbocycles. The van der Waals surface area contributed by atoms with Crippen LogP contribution in [0, 0.1) is 0 Å². The minimum atomic E-state index is -0.539. The van der Waals surface area contributed by atoms with Gasteiger partial charge in [-0.3, -0.25) is 4.98 Å². The molecule has 119 valence electrons. The summed E-state index contributed by atoms with van der Waals surface area (Å²) in [5.74, 6) is -0.815. The zero-order chi connectivity index (χ0) is 14.5. The molecule has 10 heteroatoms. The van der Waals surface area contributed by atoms with Gasteiger partial charge in [0, 0.05) is 33.4 Å². The summed E-state index contributed by atoms with van der Waals surface area (Å²) in [7, 11) is 0. The monoisotopic (exact) mass is 436 g/mol. The second-order valence-corrected chi connectivity index (χ2v) is 4.99. The van der Waals surface area contributed by atoms with E-state index in [-0.39, 0.29) is 40.8 Å². The molecule has 1 radical (unpaired) electrons. The number of hydrogen-bond acceptors (Lipinski definition) is 7. The van der Waals surface area contributed by atoms with Crippen LogP contribution in [0.1, 0.15) is 11.1 Å². The van der Waals surface area contributed by atoms with E-state index in [0.717, 1.165) is 0 Å². The number of halogens is 2. The van der Waals surface area contributed by atoms with Crippen LogP contribution in [-0.2, 0) is 18.6 Å². The van der Waals surface area contributed by atoms with Crippen molar-refractivity contribution >= 4 is 39.6 Å². The maximum Gasteiger partial charge on any atom is 4.00 e. The molecular weight excluding hydrogens is 428 g/mol. The maximum absolute atomic E-state index is 11.7. The second-order valence-electron chi connectivity index (χ2n) is 3.70. The van der Waals surface area contributed by atoms with Crippen LogP contribution in [0.4, 0.5) is 0 Å². The summed E-state index contributed by atoms with van der Waals surface area (Å²) in [5, 5.41) is 30.8. The van der Waals surface area contributed by atoms with E-state index in [4.69, 9.17) is 11.6 Å². The Labute approximate surface area is 157 Å². The summed E-state index contributed by atoms with van der Waals surface area (Å²) in [6, 6.07) is 6.13. The first-order valence-electron chi connectivity index (χ1n) is 5.42. The topological polar surface area (TPSA) is 144 Å². The van der Waals surface area contributed by atoms with Gasteiger partial charge < -0.3 is 21.2 Å². The van der Waals surface area contributed by atoms with Crippen molar-refractivity contribution in [2.45, 2.75) is 0 Å². The van der Waals surface area contributed by atoms with E-state index in [9.17, 15) is 10.2 Å². The Balaban J connectivity index is 0. The van der Waals surface area contributed by atoms with Crippen molar-refractivity contribution in [2.75, 3.05) is 0 Å². The number of hydrogen-bond donors (Lipinski definition) is 0. The Kier molecular flexibility index (Phi) is 11.6. The molecule has 1 heterocycles. The van der Waals surface area contributed by atoms with Gasteiger partial charge in [-0.05, 0) is 23.8 Å². The van der Waals surface area contributed by atoms with Gasteiger partial charge in [-0.1, -0.05) is 39.3 Å². The van der Waals surface area contributed by atoms with Crippen molar-refractivity contribution in [3.8, 4) is 5.75 Å². The second kappa shape index (κ2) is 11.2. The molecule has 2 N–H and O–H groups in total. The van der Waals surface area contributed by atoms with E-state index in [2.05, 4.69) is 31.1 Å². The van der Waals surface area contributed by atoms with E-state index < -0.39 is 5.90 Å². The number of aromatic nitrogens is 1. The van der Waals surface area contributed by atoms with E-state index in [1.807, 2.05) is 0 Å². The van der Waals surface area contributed by atoms with Gasteiger partial charge in [-0.15, -0.1) is 0 Å². The molecule has 0 aliphatic rings. The van der Waals surface area contributed by atoms with Crippen molar-refractivity contribution in [1.82, 2.24) is 4.98 Å². The molecule has 7 nitrogen and oxygen atoms in total. The average Bonchev–Trinajstić information content (AvgIpc) is 2.44. The summed E-state index contributed by atoms with van der Waals surface area (Å²) in [6.45, 7) is 0. The smallest absolute Gasteiger partial charge is 0.871 e. The standard InChI is InChI=1S/C13H9BrClN3O2.2H2O.V/c14-11-5-10(15)4-9(12(11)19)7-17-18-13(20)8-2-1-3-16-6-8;;;/h1-7,19H,(H,18,20);2*1H2;/q;;;+4/p-4/b17-7+;;;. The molecule has 0 amide bonds. The van der Waals surface area contributed by atoms with Crippen LogP contribution in [0.5, 0.6) is 5.75 Å². The van der Waals surface area contributed by atoms with Crippen LogP contribution in [0.25, 0.3) is 0 Å². The van der Waals surface area contributed by atoms with Crippen molar-refractivity contribution < 1.29 is 39.7 Å². The minimum absolute atomic E-state index is 0. The van der Waals surface area contributed by atoms with Gasteiger partial charge in [0.25, 0.3) is 0 Å². The molecule has 0 spiro atoms. The summed E-state index contributed by atoms with van der Waals surface area (Å²) in [4.78, 5) is 3.80. The fourth-order valence-corrected chi connectivity index (χ4v) is 2.20. The normalized spacial score (nSPS) is 10.4. The molecule has 1 aromatic carbocycles. The largest absolute Gasteiger partial charge is 4.00 e. The Morgan fingerprint density at radius 2 is 2.00 bits per heavy atom. The summed E-state index contributed by atoms with van der Waals surface area (Å²) in [5.41, 5.74) is 0.561. The summed E-state index contributed by atoms with van der Waals surface area (Å²) < 4.78 is 0.324. The van der Waals surface area contributed by atoms with Gasteiger partial charge in [0.1, 0.15) is 0 Å². The number of nitrogens with zero attached hydrogens (tertiary/aromatic N) is 3. The van der Waals surface area contributed by atoms with Gasteiger partial charge in [0.15, 0.2) is 0 Å². The zero-order valence-corrected chi connectivity index (χ0v) is 15.0. The zero-order valence-electron chi connectivity index (χ0n) is 11.3. The molecule has 0 bridgehead atoms. The van der Waals surface area contributed by atoms with E-state index in [0.29, 0.717) is 15.1 Å². The molecule has 2 rings (SSSR count). The quantitative estimate of drug-likeness (QED) is 0.404. The van der Waals surface area contributed by atoms with Crippen molar-refractivity contribution in [2.24, 2.45) is 10.2 Å². The molecule has 0 saturated heterocycles. The average molecular weight is 438 g/mol. The van der Waals surface area contributed by atoms with Crippen molar-refractivity contribution in [3.63, 3.8) is 0 Å². The molecule has 2 aromatic rings. The van der Waals surface area contributed by atoms with E-state index in [1.165, 1.54) is 24.5 Å². The van der Waals surface area contributed by atoms with Crippen LogP contribution >= 0.6 is 27.5 Å². The first kappa shape index (κ1) is 23.8. The van der Waals surface area contributed by atoms with Crippen LogP contribution in [0.3, 0.4) is 0 Å². The molecule has 0 fully saturated rings. The summed E-state index contributed by atoms with van der Waals surface area (Å²) in [6.07, 6.45) is 4.12. The fourth-order valence-electron chi connectivity index (χ4n) is 1.37. The van der Waals surface area contributed by atoms with E-state index >= 15 is 0 Å². The Morgan fingerprint density at radius 1 is 1.30 bits per heavy atom. The van der Waals surface area contributed by atoms with Crippen LogP contribution in [0.2, 0.25) is 5.02 Å². The summed E-state index contributed by atoms with van der Waals surface area (Å²) >= 11 is 8.91. The van der Waals surface area contributed by atoms with E-state index in [1.54, 1.807) is 18.3 Å². The molecule has 0 unspecified atom stereocenters. The molecule has 23 heavy (non-hydrogen) atoms. The van der Waals surface area contributed by atoms with Gasteiger partial charge in [-0.2, -0.15) is 10.2 Å². The van der Waals surface area contributed by atoms with Gasteiger partial charge in [-0.25, -0.2) is 0 Å². The predicted molar refractivity (Wildman–Crippen MR) is 80.8 cm³/mol. The molecule has 0 aliphatic carbocycles. The third-order valence-electron chi connectivity index (χ3n) is 2.29. The third-order valence-corrected chi connectivity index (χ3v) is 3.10. The Bertz CT molecular complexity index is 686. The molecule has 0 atom stereocenters. The van der Waals surface area contributed by atoms with Gasteiger partial charge in [0.2, 0.25) is 0 Å².